The Labute approximate surface area is 108 Å². The Morgan fingerprint density at radius 2 is 1.88 bits per heavy atom. The molecule has 0 aromatic heterocycles. The number of hydrogen-bond donors (Lipinski definition) is 1. The van der Waals surface area contributed by atoms with Crippen LogP contribution in [0.25, 0.3) is 0 Å². The summed E-state index contributed by atoms with van der Waals surface area (Å²) in [5.74, 6) is 0.672. The number of amides is 1. The van der Waals surface area contributed by atoms with Gasteiger partial charge in [-0.05, 0) is 12.8 Å². The molecule has 1 amide bonds. The fourth-order valence-corrected chi connectivity index (χ4v) is 2.24. The van der Waals surface area contributed by atoms with E-state index in [0.29, 0.717) is 11.5 Å². The zero-order valence-corrected chi connectivity index (χ0v) is 11.9. The van der Waals surface area contributed by atoms with Crippen LogP contribution in [0.15, 0.2) is 0 Å². The number of esters is 1. The molecule has 1 N–H and O–H groups in total. The predicted octanol–water partition coefficient (Wildman–Crippen LogP) is 1.83. The van der Waals surface area contributed by atoms with Crippen LogP contribution in [0.5, 0.6) is 0 Å². The van der Waals surface area contributed by atoms with Crippen LogP contribution in [0.4, 0.5) is 0 Å². The number of ether oxygens (including phenoxy) is 1. The Morgan fingerprint density at radius 3 is 2.35 bits per heavy atom. The third-order valence-corrected chi connectivity index (χ3v) is 3.76. The van der Waals surface area contributed by atoms with E-state index in [2.05, 4.69) is 23.9 Å². The molecule has 0 heterocycles. The van der Waals surface area contributed by atoms with E-state index in [1.807, 2.05) is 0 Å². The van der Waals surface area contributed by atoms with Gasteiger partial charge in [0.05, 0.1) is 18.8 Å². The van der Waals surface area contributed by atoms with Crippen LogP contribution >= 0.6 is 11.8 Å². The van der Waals surface area contributed by atoms with Gasteiger partial charge in [0.2, 0.25) is 5.91 Å². The molecule has 0 bridgehead atoms. The van der Waals surface area contributed by atoms with Crippen molar-refractivity contribution in [3.8, 4) is 0 Å². The van der Waals surface area contributed by atoms with Gasteiger partial charge in [0.15, 0.2) is 0 Å². The summed E-state index contributed by atoms with van der Waals surface area (Å²) >= 11 is 1.46. The lowest BCUT2D eigenvalue weighted by molar-refractivity contribution is -0.144. The van der Waals surface area contributed by atoms with Crippen LogP contribution in [-0.4, -0.2) is 36.5 Å². The van der Waals surface area contributed by atoms with E-state index in [-0.39, 0.29) is 23.8 Å². The van der Waals surface area contributed by atoms with Crippen LogP contribution < -0.4 is 5.32 Å². The minimum absolute atomic E-state index is 0.0424. The van der Waals surface area contributed by atoms with E-state index in [1.165, 1.54) is 18.9 Å². The molecule has 100 valence electrons. The molecule has 0 aromatic carbocycles. The minimum atomic E-state index is -0.224. The molecule has 5 heteroatoms. The first-order chi connectivity index (χ1) is 8.04. The van der Waals surface area contributed by atoms with E-state index in [9.17, 15) is 9.59 Å². The second kappa shape index (κ2) is 9.33. The molecule has 0 aliphatic heterocycles. The lowest BCUT2D eigenvalue weighted by Crippen LogP contribution is -2.35. The van der Waals surface area contributed by atoms with Crippen molar-refractivity contribution in [2.75, 3.05) is 18.6 Å². The number of methoxy groups -OCH3 is 1. The third kappa shape index (κ3) is 7.26. The van der Waals surface area contributed by atoms with Crippen molar-refractivity contribution in [2.45, 2.75) is 39.7 Å². The van der Waals surface area contributed by atoms with E-state index in [0.717, 1.165) is 12.8 Å². The van der Waals surface area contributed by atoms with E-state index in [4.69, 9.17) is 0 Å². The quantitative estimate of drug-likeness (QED) is 0.677. The number of nitrogens with one attached hydrogen (secondary N) is 1. The van der Waals surface area contributed by atoms with Gasteiger partial charge in [-0.2, -0.15) is 11.8 Å². The van der Waals surface area contributed by atoms with Crippen LogP contribution in [0, 0.1) is 5.92 Å². The van der Waals surface area contributed by atoms with Crippen molar-refractivity contribution in [2.24, 2.45) is 5.92 Å². The van der Waals surface area contributed by atoms with Crippen molar-refractivity contribution >= 4 is 23.6 Å². The summed E-state index contributed by atoms with van der Waals surface area (Å²) in [5.41, 5.74) is 0. The highest BCUT2D eigenvalue weighted by atomic mass is 32.2. The topological polar surface area (TPSA) is 55.4 Å². The fourth-order valence-electron chi connectivity index (χ4n) is 1.36. The monoisotopic (exact) mass is 261 g/mol. The normalized spacial score (nSPS) is 12.3. The van der Waals surface area contributed by atoms with Gasteiger partial charge in [-0.1, -0.05) is 20.8 Å². The Kier molecular flexibility index (Phi) is 8.94. The zero-order chi connectivity index (χ0) is 13.3. The molecule has 0 aliphatic carbocycles. The maximum Gasteiger partial charge on any atom is 0.309 e. The second-order valence-electron chi connectivity index (χ2n) is 4.02. The molecule has 0 spiro atoms. The van der Waals surface area contributed by atoms with Gasteiger partial charge in [-0.3, -0.25) is 9.59 Å². The third-order valence-electron chi connectivity index (χ3n) is 2.56. The highest BCUT2D eigenvalue weighted by molar-refractivity contribution is 7.99. The average Bonchev–Trinajstić information content (AvgIpc) is 2.34. The average molecular weight is 261 g/mol. The van der Waals surface area contributed by atoms with Crippen LogP contribution in [0.3, 0.4) is 0 Å². The summed E-state index contributed by atoms with van der Waals surface area (Å²) in [6.45, 7) is 5.92. The Balaban J connectivity index is 3.74. The molecule has 1 atom stereocenters. The SMILES string of the molecule is CCC(CC)NC(=O)CSCC(C)C(=O)OC. The standard InChI is InChI=1S/C12H23NO3S/c1-5-10(6-2)13-11(14)8-17-7-9(3)12(15)16-4/h9-10H,5-8H2,1-4H3,(H,13,14). The summed E-state index contributed by atoms with van der Waals surface area (Å²) in [7, 11) is 1.38. The minimum Gasteiger partial charge on any atom is -0.469 e. The molecule has 0 aromatic rings. The Hall–Kier alpha value is -0.710. The molecule has 0 saturated carbocycles. The molecule has 0 saturated heterocycles. The van der Waals surface area contributed by atoms with Crippen LogP contribution in [0.2, 0.25) is 0 Å². The number of hydrogen-bond acceptors (Lipinski definition) is 4. The van der Waals surface area contributed by atoms with Crippen molar-refractivity contribution in [3.63, 3.8) is 0 Å². The molecule has 0 radical (unpaired) electrons. The van der Waals surface area contributed by atoms with Gasteiger partial charge in [-0.15, -0.1) is 0 Å². The highest BCUT2D eigenvalue weighted by Crippen LogP contribution is 2.09. The molecule has 0 aliphatic rings. The van der Waals surface area contributed by atoms with Crippen molar-refractivity contribution < 1.29 is 14.3 Å². The second-order valence-corrected chi connectivity index (χ2v) is 5.05. The summed E-state index contributed by atoms with van der Waals surface area (Å²) < 4.78 is 4.62. The van der Waals surface area contributed by atoms with Crippen molar-refractivity contribution in [1.82, 2.24) is 5.32 Å². The molecule has 0 fully saturated rings. The first-order valence-corrected chi connectivity index (χ1v) is 7.15. The molecule has 4 nitrogen and oxygen atoms in total. The van der Waals surface area contributed by atoms with Crippen LogP contribution in [0.1, 0.15) is 33.6 Å². The van der Waals surface area contributed by atoms with Crippen molar-refractivity contribution in [3.05, 3.63) is 0 Å². The number of rotatable bonds is 8. The number of carbonyl (C=O) groups is 2. The fraction of sp³-hybridized carbons (Fsp3) is 0.833. The summed E-state index contributed by atoms with van der Waals surface area (Å²) in [6, 6.07) is 0.265. The molecule has 0 rings (SSSR count). The summed E-state index contributed by atoms with van der Waals surface area (Å²) in [4.78, 5) is 22.7. The first-order valence-electron chi connectivity index (χ1n) is 6.00. The van der Waals surface area contributed by atoms with E-state index in [1.54, 1.807) is 6.92 Å². The molecule has 17 heavy (non-hydrogen) atoms. The zero-order valence-electron chi connectivity index (χ0n) is 11.1. The lowest BCUT2D eigenvalue weighted by atomic mass is 10.2. The summed E-state index contributed by atoms with van der Waals surface area (Å²) in [6.07, 6.45) is 1.90. The van der Waals surface area contributed by atoms with Gasteiger partial charge in [-0.25, -0.2) is 0 Å². The maximum absolute atomic E-state index is 11.5. The van der Waals surface area contributed by atoms with Gasteiger partial charge >= 0.3 is 5.97 Å². The summed E-state index contributed by atoms with van der Waals surface area (Å²) in [5, 5.41) is 2.96. The largest absolute Gasteiger partial charge is 0.469 e. The van der Waals surface area contributed by atoms with Crippen molar-refractivity contribution in [1.29, 1.82) is 0 Å². The maximum atomic E-state index is 11.5. The smallest absolute Gasteiger partial charge is 0.309 e. The molecular weight excluding hydrogens is 238 g/mol. The lowest BCUT2D eigenvalue weighted by Gasteiger charge is -2.14. The predicted molar refractivity (Wildman–Crippen MR) is 71.0 cm³/mol. The molecule has 1 unspecified atom stereocenters. The van der Waals surface area contributed by atoms with Gasteiger partial charge < -0.3 is 10.1 Å². The van der Waals surface area contributed by atoms with Gasteiger partial charge in [0.25, 0.3) is 0 Å². The number of carbonyl (C=O) groups excluding carboxylic acids is 2. The van der Waals surface area contributed by atoms with E-state index >= 15 is 0 Å². The van der Waals surface area contributed by atoms with Crippen LogP contribution in [-0.2, 0) is 14.3 Å². The first kappa shape index (κ1) is 16.3. The van der Waals surface area contributed by atoms with Gasteiger partial charge in [0.1, 0.15) is 0 Å². The Bertz CT molecular complexity index is 242. The number of thioether (sulfide) groups is 1. The Morgan fingerprint density at radius 1 is 1.29 bits per heavy atom. The molecular formula is C12H23NO3S. The highest BCUT2D eigenvalue weighted by Gasteiger charge is 2.14. The van der Waals surface area contributed by atoms with E-state index < -0.39 is 0 Å². The van der Waals surface area contributed by atoms with Gasteiger partial charge in [0, 0.05) is 11.8 Å².